The molecule has 1 rings (SSSR count). The minimum atomic E-state index is -0.757. The molecule has 1 saturated carbocycles. The summed E-state index contributed by atoms with van der Waals surface area (Å²) in [4.78, 5) is 10.3. The molecule has 0 heterocycles. The van der Waals surface area contributed by atoms with E-state index in [0.29, 0.717) is 11.8 Å². The van der Waals surface area contributed by atoms with E-state index in [2.05, 4.69) is 13.8 Å². The summed E-state index contributed by atoms with van der Waals surface area (Å²) < 4.78 is 0. The molecule has 0 atom stereocenters. The normalized spacial score (nSPS) is 35.0. The topological polar surface area (TPSA) is 17.1 Å². The standard InChI is InChI=1S/C10H16Cl2O/c1-7(2)8-3-5-10(12,6-4-8)9(11)13/h7-8H,3-6H2,1-2H3. The van der Waals surface area contributed by atoms with Crippen molar-refractivity contribution in [3.05, 3.63) is 0 Å². The Balaban J connectivity index is 2.51. The Labute approximate surface area is 89.8 Å². The van der Waals surface area contributed by atoms with Gasteiger partial charge in [-0.05, 0) is 49.1 Å². The fraction of sp³-hybridized carbons (Fsp3) is 0.900. The van der Waals surface area contributed by atoms with Crippen molar-refractivity contribution >= 4 is 28.4 Å². The van der Waals surface area contributed by atoms with Gasteiger partial charge in [0.1, 0.15) is 4.87 Å². The van der Waals surface area contributed by atoms with Crippen LogP contribution in [0.3, 0.4) is 0 Å². The van der Waals surface area contributed by atoms with Gasteiger partial charge in [0, 0.05) is 0 Å². The van der Waals surface area contributed by atoms with Crippen LogP contribution >= 0.6 is 23.2 Å². The van der Waals surface area contributed by atoms with E-state index >= 15 is 0 Å². The number of carbonyl (C=O) groups excluding carboxylic acids is 1. The van der Waals surface area contributed by atoms with Crippen LogP contribution in [0.15, 0.2) is 0 Å². The zero-order valence-electron chi connectivity index (χ0n) is 8.15. The van der Waals surface area contributed by atoms with E-state index < -0.39 is 4.87 Å². The van der Waals surface area contributed by atoms with Gasteiger partial charge < -0.3 is 0 Å². The highest BCUT2D eigenvalue weighted by atomic mass is 35.5. The molecule has 1 aliphatic carbocycles. The first-order chi connectivity index (χ1) is 5.96. The van der Waals surface area contributed by atoms with Crippen LogP contribution in [0.5, 0.6) is 0 Å². The summed E-state index contributed by atoms with van der Waals surface area (Å²) >= 11 is 11.6. The SMILES string of the molecule is CC(C)C1CCC(Cl)(C(=O)Cl)CC1. The molecule has 3 heteroatoms. The van der Waals surface area contributed by atoms with Crippen LogP contribution in [0.25, 0.3) is 0 Å². The molecule has 0 aromatic rings. The van der Waals surface area contributed by atoms with Crippen molar-refractivity contribution in [2.45, 2.75) is 44.4 Å². The van der Waals surface area contributed by atoms with Crippen LogP contribution in [-0.2, 0) is 4.79 Å². The predicted octanol–water partition coefficient (Wildman–Crippen LogP) is 3.58. The Hall–Kier alpha value is 0.250. The lowest BCUT2D eigenvalue weighted by atomic mass is 9.77. The van der Waals surface area contributed by atoms with E-state index in [4.69, 9.17) is 23.2 Å². The number of hydrogen-bond acceptors (Lipinski definition) is 1. The van der Waals surface area contributed by atoms with Crippen LogP contribution in [0, 0.1) is 11.8 Å². The summed E-state index contributed by atoms with van der Waals surface area (Å²) in [5, 5.41) is -0.378. The molecule has 0 amide bonds. The van der Waals surface area contributed by atoms with E-state index in [1.54, 1.807) is 0 Å². The van der Waals surface area contributed by atoms with Crippen LogP contribution < -0.4 is 0 Å². The van der Waals surface area contributed by atoms with Gasteiger partial charge in [0.05, 0.1) is 0 Å². The maximum Gasteiger partial charge on any atom is 0.242 e. The highest BCUT2D eigenvalue weighted by Gasteiger charge is 2.39. The van der Waals surface area contributed by atoms with Crippen LogP contribution in [0.1, 0.15) is 39.5 Å². The smallest absolute Gasteiger partial charge is 0.242 e. The molecule has 0 aliphatic heterocycles. The highest BCUT2D eigenvalue weighted by Crippen LogP contribution is 2.40. The number of rotatable bonds is 2. The number of alkyl halides is 1. The third kappa shape index (κ3) is 2.60. The van der Waals surface area contributed by atoms with E-state index in [-0.39, 0.29) is 5.24 Å². The minimum Gasteiger partial charge on any atom is -0.279 e. The third-order valence-electron chi connectivity index (χ3n) is 3.12. The molecule has 0 radical (unpaired) electrons. The van der Waals surface area contributed by atoms with Crippen molar-refractivity contribution in [1.82, 2.24) is 0 Å². The summed E-state index contributed by atoms with van der Waals surface area (Å²) in [7, 11) is 0. The zero-order chi connectivity index (χ0) is 10.1. The lowest BCUT2D eigenvalue weighted by molar-refractivity contribution is -0.115. The van der Waals surface area contributed by atoms with Crippen molar-refractivity contribution in [1.29, 1.82) is 0 Å². The Morgan fingerprint density at radius 2 is 1.85 bits per heavy atom. The summed E-state index contributed by atoms with van der Waals surface area (Å²) in [6, 6.07) is 0. The van der Waals surface area contributed by atoms with Crippen molar-refractivity contribution in [2.24, 2.45) is 11.8 Å². The first-order valence-electron chi connectivity index (χ1n) is 4.84. The molecule has 0 unspecified atom stereocenters. The zero-order valence-corrected chi connectivity index (χ0v) is 9.66. The maximum absolute atomic E-state index is 11.0. The van der Waals surface area contributed by atoms with E-state index in [0.717, 1.165) is 25.7 Å². The average molecular weight is 223 g/mol. The van der Waals surface area contributed by atoms with Crippen LogP contribution in [-0.4, -0.2) is 10.1 Å². The van der Waals surface area contributed by atoms with Crippen molar-refractivity contribution in [3.63, 3.8) is 0 Å². The fourth-order valence-electron chi connectivity index (χ4n) is 1.96. The average Bonchev–Trinajstić information content (AvgIpc) is 2.04. The largest absolute Gasteiger partial charge is 0.279 e. The molecule has 0 bridgehead atoms. The van der Waals surface area contributed by atoms with Gasteiger partial charge >= 0.3 is 0 Å². The van der Waals surface area contributed by atoms with Gasteiger partial charge in [-0.2, -0.15) is 0 Å². The molecule has 0 saturated heterocycles. The van der Waals surface area contributed by atoms with Gasteiger partial charge in [-0.1, -0.05) is 13.8 Å². The molecule has 76 valence electrons. The third-order valence-corrected chi connectivity index (χ3v) is 4.13. The minimum absolute atomic E-state index is 0.378. The molecular formula is C10H16Cl2O. The molecule has 13 heavy (non-hydrogen) atoms. The molecule has 0 aromatic carbocycles. The second kappa shape index (κ2) is 4.18. The molecule has 0 spiro atoms. The highest BCUT2D eigenvalue weighted by molar-refractivity contribution is 6.70. The molecule has 0 N–H and O–H groups in total. The number of halogens is 2. The van der Waals surface area contributed by atoms with E-state index in [1.807, 2.05) is 0 Å². The van der Waals surface area contributed by atoms with Gasteiger partial charge in [-0.3, -0.25) is 4.79 Å². The summed E-state index contributed by atoms with van der Waals surface area (Å²) in [5.41, 5.74) is 0. The summed E-state index contributed by atoms with van der Waals surface area (Å²) in [6.07, 6.45) is 3.53. The molecule has 1 aliphatic rings. The Morgan fingerprint density at radius 1 is 1.38 bits per heavy atom. The monoisotopic (exact) mass is 222 g/mol. The molecule has 0 aromatic heterocycles. The first-order valence-corrected chi connectivity index (χ1v) is 5.60. The molecule has 1 nitrogen and oxygen atoms in total. The first kappa shape index (κ1) is 11.3. The van der Waals surface area contributed by atoms with Gasteiger partial charge in [-0.15, -0.1) is 11.6 Å². The van der Waals surface area contributed by atoms with Gasteiger partial charge in [0.2, 0.25) is 5.24 Å². The van der Waals surface area contributed by atoms with Gasteiger partial charge in [0.25, 0.3) is 0 Å². The number of carbonyl (C=O) groups is 1. The fourth-order valence-corrected chi connectivity index (χ4v) is 2.37. The Morgan fingerprint density at radius 3 is 2.15 bits per heavy atom. The van der Waals surface area contributed by atoms with Crippen LogP contribution in [0.4, 0.5) is 0 Å². The lowest BCUT2D eigenvalue weighted by Crippen LogP contribution is -2.35. The Bertz CT molecular complexity index is 193. The summed E-state index contributed by atoms with van der Waals surface area (Å²) in [6.45, 7) is 4.43. The van der Waals surface area contributed by atoms with Crippen molar-refractivity contribution in [2.75, 3.05) is 0 Å². The molecular weight excluding hydrogens is 207 g/mol. The Kier molecular flexibility index (Phi) is 3.64. The van der Waals surface area contributed by atoms with E-state index in [1.165, 1.54) is 0 Å². The second-order valence-electron chi connectivity index (χ2n) is 4.32. The van der Waals surface area contributed by atoms with Crippen LogP contribution in [0.2, 0.25) is 0 Å². The summed E-state index contributed by atoms with van der Waals surface area (Å²) in [5.74, 6) is 1.40. The molecule has 1 fully saturated rings. The van der Waals surface area contributed by atoms with E-state index in [9.17, 15) is 4.79 Å². The van der Waals surface area contributed by atoms with Crippen molar-refractivity contribution in [3.8, 4) is 0 Å². The predicted molar refractivity (Wildman–Crippen MR) is 56.2 cm³/mol. The number of hydrogen-bond donors (Lipinski definition) is 0. The maximum atomic E-state index is 11.0. The van der Waals surface area contributed by atoms with Gasteiger partial charge in [-0.25, -0.2) is 0 Å². The second-order valence-corrected chi connectivity index (χ2v) is 5.39. The lowest BCUT2D eigenvalue weighted by Gasteiger charge is -2.34. The quantitative estimate of drug-likeness (QED) is 0.516. The van der Waals surface area contributed by atoms with Gasteiger partial charge in [0.15, 0.2) is 0 Å². The van der Waals surface area contributed by atoms with Crippen molar-refractivity contribution < 1.29 is 4.79 Å².